The zero-order valence-electron chi connectivity index (χ0n) is 7.36. The third kappa shape index (κ3) is 0.766. The van der Waals surface area contributed by atoms with Gasteiger partial charge in [-0.2, -0.15) is 0 Å². The largest absolute Gasteiger partial charge is 0.229 e. The summed E-state index contributed by atoms with van der Waals surface area (Å²) >= 11 is 0. The smallest absolute Gasteiger partial charge is 0.152 e. The Labute approximate surface area is 78.3 Å². The summed E-state index contributed by atoms with van der Waals surface area (Å²) in [5.74, 6) is 0.752. The quantitative estimate of drug-likeness (QED) is 0.547. The van der Waals surface area contributed by atoms with Crippen LogP contribution in [0.3, 0.4) is 0 Å². The highest BCUT2D eigenvalue weighted by Crippen LogP contribution is 2.62. The first-order valence-corrected chi connectivity index (χ1v) is 6.46. The van der Waals surface area contributed by atoms with Crippen molar-refractivity contribution in [3.8, 4) is 0 Å². The van der Waals surface area contributed by atoms with Crippen LogP contribution in [0, 0.1) is 10.8 Å². The van der Waals surface area contributed by atoms with E-state index in [2.05, 4.69) is 24.3 Å². The van der Waals surface area contributed by atoms with E-state index >= 15 is 0 Å². The minimum atomic E-state index is -2.79. The molecule has 0 aromatic carbocycles. The van der Waals surface area contributed by atoms with Crippen molar-refractivity contribution in [1.29, 1.82) is 0 Å². The number of hydrogen-bond acceptors (Lipinski definition) is 2. The van der Waals surface area contributed by atoms with E-state index in [9.17, 15) is 8.42 Å². The Morgan fingerprint density at radius 3 is 1.77 bits per heavy atom. The van der Waals surface area contributed by atoms with Crippen molar-refractivity contribution >= 4 is 9.84 Å². The van der Waals surface area contributed by atoms with Gasteiger partial charge in [0.1, 0.15) is 0 Å². The van der Waals surface area contributed by atoms with Crippen LogP contribution in [0.15, 0.2) is 24.3 Å². The fourth-order valence-corrected chi connectivity index (χ4v) is 5.70. The highest BCUT2D eigenvalue weighted by atomic mass is 32.2. The van der Waals surface area contributed by atoms with E-state index in [0.29, 0.717) is 11.5 Å². The van der Waals surface area contributed by atoms with Crippen molar-refractivity contribution in [3.05, 3.63) is 24.3 Å². The fraction of sp³-hybridized carbons (Fsp3) is 0.600. The van der Waals surface area contributed by atoms with Crippen molar-refractivity contribution in [2.24, 2.45) is 10.8 Å². The molecule has 2 nitrogen and oxygen atoms in total. The van der Waals surface area contributed by atoms with Crippen LogP contribution in [0.1, 0.15) is 12.8 Å². The maximum atomic E-state index is 11.6. The van der Waals surface area contributed by atoms with Crippen LogP contribution in [0.25, 0.3) is 0 Å². The SMILES string of the molecule is O=S1(=O)C[C@@]23C=C[C@@]2(CC=CC3)C1. The van der Waals surface area contributed by atoms with Crippen molar-refractivity contribution in [3.63, 3.8) is 0 Å². The summed E-state index contributed by atoms with van der Waals surface area (Å²) in [5, 5.41) is 0. The van der Waals surface area contributed by atoms with Crippen LogP contribution in [0.4, 0.5) is 0 Å². The first-order valence-electron chi connectivity index (χ1n) is 4.64. The summed E-state index contributed by atoms with van der Waals surface area (Å²) < 4.78 is 23.2. The van der Waals surface area contributed by atoms with Crippen molar-refractivity contribution < 1.29 is 8.42 Å². The molecule has 2 aliphatic carbocycles. The van der Waals surface area contributed by atoms with Gasteiger partial charge in [0.05, 0.1) is 11.5 Å². The van der Waals surface area contributed by atoms with E-state index in [-0.39, 0.29) is 10.8 Å². The standard InChI is InChI=1S/C10H12O2S/c11-13(12)7-9-3-1-2-4-10(9,8-13)6-5-9/h1-2,5-6H,3-4,7-8H2/t9-,10+. The molecule has 0 N–H and O–H groups in total. The second-order valence-corrected chi connectivity index (χ2v) is 6.62. The van der Waals surface area contributed by atoms with Gasteiger partial charge in [0.2, 0.25) is 0 Å². The monoisotopic (exact) mass is 196 g/mol. The molecule has 13 heavy (non-hydrogen) atoms. The van der Waals surface area contributed by atoms with Crippen LogP contribution in [-0.2, 0) is 9.84 Å². The average molecular weight is 196 g/mol. The van der Waals surface area contributed by atoms with Crippen LogP contribution >= 0.6 is 0 Å². The summed E-state index contributed by atoms with van der Waals surface area (Å²) in [5.41, 5.74) is -0.0266. The van der Waals surface area contributed by atoms with E-state index in [4.69, 9.17) is 0 Å². The number of allylic oxidation sites excluding steroid dienone is 4. The maximum Gasteiger partial charge on any atom is 0.152 e. The fourth-order valence-electron chi connectivity index (χ4n) is 3.02. The Kier molecular flexibility index (Phi) is 1.15. The molecule has 3 rings (SSSR count). The highest BCUT2D eigenvalue weighted by Gasteiger charge is 2.62. The van der Waals surface area contributed by atoms with Crippen LogP contribution in [-0.4, -0.2) is 19.9 Å². The molecule has 1 saturated heterocycles. The first kappa shape index (κ1) is 7.80. The third-order valence-corrected chi connectivity index (χ3v) is 5.71. The normalized spacial score (nSPS) is 49.5. The zero-order valence-corrected chi connectivity index (χ0v) is 8.18. The Hall–Kier alpha value is -0.570. The first-order chi connectivity index (χ1) is 6.08. The molecule has 0 unspecified atom stereocenters. The molecule has 2 atom stereocenters. The van der Waals surface area contributed by atoms with E-state index in [1.807, 2.05) is 0 Å². The lowest BCUT2D eigenvalue weighted by molar-refractivity contribution is 0.162. The van der Waals surface area contributed by atoms with Gasteiger partial charge in [0, 0.05) is 10.8 Å². The summed E-state index contributed by atoms with van der Waals surface area (Å²) in [6.45, 7) is 0. The van der Waals surface area contributed by atoms with Gasteiger partial charge in [0.15, 0.2) is 9.84 Å². The van der Waals surface area contributed by atoms with Gasteiger partial charge in [-0.1, -0.05) is 24.3 Å². The van der Waals surface area contributed by atoms with E-state index < -0.39 is 9.84 Å². The predicted octanol–water partition coefficient (Wildman–Crippen LogP) is 1.31. The molecule has 0 aromatic heterocycles. The average Bonchev–Trinajstić information content (AvgIpc) is 2.21. The van der Waals surface area contributed by atoms with Crippen molar-refractivity contribution in [2.45, 2.75) is 12.8 Å². The second-order valence-electron chi connectivity index (χ2n) is 4.56. The van der Waals surface area contributed by atoms with Gasteiger partial charge in [0.25, 0.3) is 0 Å². The van der Waals surface area contributed by atoms with Crippen LogP contribution < -0.4 is 0 Å². The Bertz CT molecular complexity index is 386. The second kappa shape index (κ2) is 1.92. The Morgan fingerprint density at radius 2 is 1.38 bits per heavy atom. The van der Waals surface area contributed by atoms with Crippen LogP contribution in [0.2, 0.25) is 0 Å². The number of sulfone groups is 1. The van der Waals surface area contributed by atoms with Gasteiger partial charge in [-0.05, 0) is 12.8 Å². The summed E-state index contributed by atoms with van der Waals surface area (Å²) in [4.78, 5) is 0. The van der Waals surface area contributed by atoms with E-state index in [0.717, 1.165) is 12.8 Å². The van der Waals surface area contributed by atoms with Gasteiger partial charge < -0.3 is 0 Å². The molecule has 0 amide bonds. The molecule has 3 heteroatoms. The lowest BCUT2D eigenvalue weighted by atomic mass is 9.53. The molecule has 0 bridgehead atoms. The van der Waals surface area contributed by atoms with Gasteiger partial charge in [-0.15, -0.1) is 0 Å². The topological polar surface area (TPSA) is 34.1 Å². The van der Waals surface area contributed by atoms with E-state index in [1.54, 1.807) is 0 Å². The minimum Gasteiger partial charge on any atom is -0.229 e. The molecular weight excluding hydrogens is 184 g/mol. The Morgan fingerprint density at radius 1 is 0.923 bits per heavy atom. The predicted molar refractivity (Wildman–Crippen MR) is 51.0 cm³/mol. The molecular formula is C10H12O2S. The molecule has 70 valence electrons. The molecule has 0 radical (unpaired) electrons. The summed E-state index contributed by atoms with van der Waals surface area (Å²) in [6, 6.07) is 0. The highest BCUT2D eigenvalue weighted by molar-refractivity contribution is 7.91. The molecule has 1 heterocycles. The lowest BCUT2D eigenvalue weighted by Gasteiger charge is -2.49. The molecule has 3 aliphatic rings. The molecule has 0 aromatic rings. The summed E-state index contributed by atoms with van der Waals surface area (Å²) in [7, 11) is -2.79. The molecule has 0 spiro atoms. The molecule has 1 fully saturated rings. The maximum absolute atomic E-state index is 11.6. The molecule has 0 saturated carbocycles. The van der Waals surface area contributed by atoms with Crippen molar-refractivity contribution in [2.75, 3.05) is 11.5 Å². The minimum absolute atomic E-state index is 0.0133. The molecule has 1 aliphatic heterocycles. The lowest BCUT2D eigenvalue weighted by Crippen LogP contribution is -2.45. The Balaban J connectivity index is 2.16. The van der Waals surface area contributed by atoms with Gasteiger partial charge in [-0.25, -0.2) is 8.42 Å². The van der Waals surface area contributed by atoms with Gasteiger partial charge in [-0.3, -0.25) is 0 Å². The van der Waals surface area contributed by atoms with Crippen molar-refractivity contribution in [1.82, 2.24) is 0 Å². The summed E-state index contributed by atoms with van der Waals surface area (Å²) in [6.07, 6.45) is 10.3. The third-order valence-electron chi connectivity index (χ3n) is 3.80. The van der Waals surface area contributed by atoms with Gasteiger partial charge >= 0.3 is 0 Å². The zero-order chi connectivity index (χ0) is 9.16. The van der Waals surface area contributed by atoms with E-state index in [1.165, 1.54) is 0 Å². The number of rotatable bonds is 0. The number of hydrogen-bond donors (Lipinski definition) is 0. The van der Waals surface area contributed by atoms with Crippen LogP contribution in [0.5, 0.6) is 0 Å².